The zero-order valence-electron chi connectivity index (χ0n) is 15.6. The van der Waals surface area contributed by atoms with E-state index < -0.39 is 9.84 Å². The fourth-order valence-corrected chi connectivity index (χ4v) is 6.47. The van der Waals surface area contributed by atoms with Gasteiger partial charge in [-0.2, -0.15) is 0 Å². The van der Waals surface area contributed by atoms with E-state index in [-0.39, 0.29) is 29.5 Å². The summed E-state index contributed by atoms with van der Waals surface area (Å²) < 4.78 is 23.8. The van der Waals surface area contributed by atoms with Gasteiger partial charge in [-0.1, -0.05) is 29.8 Å². The lowest BCUT2D eigenvalue weighted by atomic mass is 10.1. The normalized spacial score (nSPS) is 21.3. The highest BCUT2D eigenvalue weighted by atomic mass is 32.2. The summed E-state index contributed by atoms with van der Waals surface area (Å²) in [5.74, 6) is 0.348. The second-order valence-electron chi connectivity index (χ2n) is 7.64. The van der Waals surface area contributed by atoms with Gasteiger partial charge in [-0.15, -0.1) is 11.3 Å². The average molecular weight is 405 g/mol. The maximum Gasteiger partial charge on any atom is 0.228 e. The second kappa shape index (κ2) is 7.02. The summed E-state index contributed by atoms with van der Waals surface area (Å²) in [4.78, 5) is 20.6. The average Bonchev–Trinajstić information content (AvgIpc) is 3.27. The van der Waals surface area contributed by atoms with Crippen LogP contribution >= 0.6 is 11.3 Å². The number of aromatic nitrogens is 1. The summed E-state index contributed by atoms with van der Waals surface area (Å²) in [6.07, 6.45) is 2.82. The Hall–Kier alpha value is -1.73. The van der Waals surface area contributed by atoms with Crippen LogP contribution in [-0.4, -0.2) is 47.8 Å². The summed E-state index contributed by atoms with van der Waals surface area (Å²) in [6.45, 7) is 4.00. The van der Waals surface area contributed by atoms with Crippen LogP contribution in [0.4, 0.5) is 0 Å². The summed E-state index contributed by atoms with van der Waals surface area (Å²) >= 11 is 1.56. The third kappa shape index (κ3) is 4.09. The van der Waals surface area contributed by atoms with Crippen molar-refractivity contribution in [2.75, 3.05) is 11.5 Å². The van der Waals surface area contributed by atoms with Gasteiger partial charge in [0.15, 0.2) is 9.84 Å². The van der Waals surface area contributed by atoms with Crippen molar-refractivity contribution < 1.29 is 13.2 Å². The van der Waals surface area contributed by atoms with E-state index in [4.69, 9.17) is 0 Å². The highest BCUT2D eigenvalue weighted by Gasteiger charge is 2.42. The second-order valence-corrected chi connectivity index (χ2v) is 11.2. The maximum atomic E-state index is 13.1. The molecule has 1 amide bonds. The molecule has 144 valence electrons. The van der Waals surface area contributed by atoms with Crippen LogP contribution < -0.4 is 0 Å². The Kier molecular flexibility index (Phi) is 4.84. The first-order valence-electron chi connectivity index (χ1n) is 9.37. The Morgan fingerprint density at radius 3 is 2.44 bits per heavy atom. The van der Waals surface area contributed by atoms with Gasteiger partial charge < -0.3 is 4.90 Å². The summed E-state index contributed by atoms with van der Waals surface area (Å²) in [5.41, 5.74) is 3.08. The zero-order valence-corrected chi connectivity index (χ0v) is 17.3. The van der Waals surface area contributed by atoms with Crippen molar-refractivity contribution in [1.29, 1.82) is 0 Å². The molecule has 0 N–H and O–H groups in total. The molecule has 2 aromatic rings. The predicted octanol–water partition coefficient (Wildman–Crippen LogP) is 3.15. The zero-order chi connectivity index (χ0) is 19.2. The largest absolute Gasteiger partial charge is 0.335 e. The van der Waals surface area contributed by atoms with Crippen LogP contribution in [-0.2, 0) is 21.1 Å². The van der Waals surface area contributed by atoms with Gasteiger partial charge in [0, 0.05) is 22.5 Å². The topological polar surface area (TPSA) is 67.3 Å². The third-order valence-corrected chi connectivity index (χ3v) is 7.99. The number of carbonyl (C=O) groups is 1. The number of sulfone groups is 1. The third-order valence-electron chi connectivity index (χ3n) is 5.27. The lowest BCUT2D eigenvalue weighted by Gasteiger charge is -2.28. The molecule has 7 heteroatoms. The summed E-state index contributed by atoms with van der Waals surface area (Å²) in [5, 5.41) is 0.940. The van der Waals surface area contributed by atoms with Gasteiger partial charge in [0.05, 0.1) is 28.6 Å². The molecule has 27 heavy (non-hydrogen) atoms. The SMILES string of the molecule is Cc1ccc(-c2nc(C)sc2CC(=O)N(C2CC2)C2CCS(=O)(=O)C2)cc1. The molecule has 1 atom stereocenters. The molecule has 1 unspecified atom stereocenters. The Bertz CT molecular complexity index is 960. The van der Waals surface area contributed by atoms with Gasteiger partial charge in [-0.3, -0.25) is 4.79 Å². The molecular formula is C20H24N2O3S2. The minimum atomic E-state index is -3.01. The van der Waals surface area contributed by atoms with Gasteiger partial charge >= 0.3 is 0 Å². The minimum Gasteiger partial charge on any atom is -0.335 e. The molecule has 1 aliphatic carbocycles. The van der Waals surface area contributed by atoms with Crippen LogP contribution in [0.2, 0.25) is 0 Å². The van der Waals surface area contributed by atoms with Crippen molar-refractivity contribution in [2.24, 2.45) is 0 Å². The van der Waals surface area contributed by atoms with Crippen molar-refractivity contribution in [3.05, 3.63) is 39.7 Å². The van der Waals surface area contributed by atoms with Crippen LogP contribution in [0.5, 0.6) is 0 Å². The number of hydrogen-bond acceptors (Lipinski definition) is 5. The van der Waals surface area contributed by atoms with Crippen molar-refractivity contribution in [2.45, 2.75) is 51.6 Å². The Labute approximate surface area is 164 Å². The van der Waals surface area contributed by atoms with Crippen LogP contribution in [0.3, 0.4) is 0 Å². The Morgan fingerprint density at radius 2 is 1.85 bits per heavy atom. The molecule has 0 bridgehead atoms. The van der Waals surface area contributed by atoms with E-state index in [9.17, 15) is 13.2 Å². The molecular weight excluding hydrogens is 380 g/mol. The molecule has 1 saturated heterocycles. The molecule has 2 heterocycles. The number of hydrogen-bond donors (Lipinski definition) is 0. The molecule has 2 fully saturated rings. The Balaban J connectivity index is 1.58. The standard InChI is InChI=1S/C20H24N2O3S2/c1-13-3-5-15(6-4-13)20-18(26-14(2)21-20)11-19(23)22(16-7-8-16)17-9-10-27(24,25)12-17/h3-6,16-17H,7-12H2,1-2H3. The molecule has 1 aromatic carbocycles. The molecule has 2 aliphatic rings. The van der Waals surface area contributed by atoms with Gasteiger partial charge in [0.2, 0.25) is 5.91 Å². The van der Waals surface area contributed by atoms with E-state index in [2.05, 4.69) is 17.1 Å². The van der Waals surface area contributed by atoms with E-state index in [1.807, 2.05) is 30.9 Å². The quantitative estimate of drug-likeness (QED) is 0.768. The van der Waals surface area contributed by atoms with Crippen molar-refractivity contribution in [3.63, 3.8) is 0 Å². The highest BCUT2D eigenvalue weighted by Crippen LogP contribution is 2.34. The van der Waals surface area contributed by atoms with Crippen molar-refractivity contribution in [1.82, 2.24) is 9.88 Å². The van der Waals surface area contributed by atoms with Gasteiger partial charge in [0.25, 0.3) is 0 Å². The van der Waals surface area contributed by atoms with Crippen LogP contribution in [0.1, 0.15) is 34.7 Å². The van der Waals surface area contributed by atoms with Gasteiger partial charge in [0.1, 0.15) is 0 Å². The van der Waals surface area contributed by atoms with E-state index >= 15 is 0 Å². The minimum absolute atomic E-state index is 0.0385. The lowest BCUT2D eigenvalue weighted by Crippen LogP contribution is -2.43. The van der Waals surface area contributed by atoms with Gasteiger partial charge in [-0.25, -0.2) is 13.4 Å². The van der Waals surface area contributed by atoms with Crippen LogP contribution in [0.15, 0.2) is 24.3 Å². The lowest BCUT2D eigenvalue weighted by molar-refractivity contribution is -0.132. The number of nitrogens with zero attached hydrogens (tertiary/aromatic N) is 2. The molecule has 5 nitrogen and oxygen atoms in total. The maximum absolute atomic E-state index is 13.1. The number of aryl methyl sites for hydroxylation is 2. The monoisotopic (exact) mass is 404 g/mol. The van der Waals surface area contributed by atoms with E-state index in [0.717, 1.165) is 34.0 Å². The molecule has 1 saturated carbocycles. The number of carbonyl (C=O) groups excluding carboxylic acids is 1. The van der Waals surface area contributed by atoms with Crippen molar-refractivity contribution >= 4 is 27.1 Å². The van der Waals surface area contributed by atoms with E-state index in [0.29, 0.717) is 12.8 Å². The predicted molar refractivity (Wildman–Crippen MR) is 108 cm³/mol. The van der Waals surface area contributed by atoms with Gasteiger partial charge in [-0.05, 0) is 33.1 Å². The smallest absolute Gasteiger partial charge is 0.228 e. The van der Waals surface area contributed by atoms with E-state index in [1.165, 1.54) is 5.56 Å². The Morgan fingerprint density at radius 1 is 1.15 bits per heavy atom. The molecule has 0 radical (unpaired) electrons. The van der Waals surface area contributed by atoms with Crippen LogP contribution in [0.25, 0.3) is 11.3 Å². The molecule has 0 spiro atoms. The first-order chi connectivity index (χ1) is 12.8. The van der Waals surface area contributed by atoms with Crippen LogP contribution in [0, 0.1) is 13.8 Å². The highest BCUT2D eigenvalue weighted by molar-refractivity contribution is 7.91. The molecule has 4 rings (SSSR count). The number of thiazole rings is 1. The first kappa shape index (κ1) is 18.6. The fourth-order valence-electron chi connectivity index (χ4n) is 3.81. The molecule has 1 aliphatic heterocycles. The van der Waals surface area contributed by atoms with E-state index in [1.54, 1.807) is 11.3 Å². The molecule has 1 aromatic heterocycles. The fraction of sp³-hybridized carbons (Fsp3) is 0.500. The summed E-state index contributed by atoms with van der Waals surface area (Å²) in [7, 11) is -3.01. The van der Waals surface area contributed by atoms with Crippen molar-refractivity contribution in [3.8, 4) is 11.3 Å². The number of rotatable bonds is 5. The number of benzene rings is 1. The first-order valence-corrected chi connectivity index (χ1v) is 12.0. The number of amides is 1. The summed E-state index contributed by atoms with van der Waals surface area (Å²) in [6, 6.07) is 8.24.